The van der Waals surface area contributed by atoms with E-state index >= 15 is 0 Å². The van der Waals surface area contributed by atoms with Gasteiger partial charge in [0.05, 0.1) is 5.01 Å². The number of likely N-dealkylation sites (tertiary alicyclic amines) is 1. The van der Waals surface area contributed by atoms with E-state index in [1.807, 2.05) is 43.3 Å². The highest BCUT2D eigenvalue weighted by Crippen LogP contribution is 2.31. The molecule has 3 aromatic rings. The molecule has 1 aliphatic heterocycles. The Kier molecular flexibility index (Phi) is 8.18. The third-order valence-corrected chi connectivity index (χ3v) is 7.21. The molecule has 1 aliphatic rings. The molecule has 0 saturated carbocycles. The highest BCUT2D eigenvalue weighted by molar-refractivity contribution is 7.80. The summed E-state index contributed by atoms with van der Waals surface area (Å²) < 4.78 is 41.3. The van der Waals surface area contributed by atoms with Gasteiger partial charge in [-0.25, -0.2) is 4.98 Å². The van der Waals surface area contributed by atoms with Crippen molar-refractivity contribution in [1.29, 1.82) is 0 Å². The summed E-state index contributed by atoms with van der Waals surface area (Å²) in [7, 11) is 3.98. The molecule has 1 aromatic heterocycles. The number of halogens is 3. The molecule has 1 fully saturated rings. The summed E-state index contributed by atoms with van der Waals surface area (Å²) in [5.74, 6) is -0.697. The Hall–Kier alpha value is -3.38. The standard InChI is InChI=1S/C25H26F3N5O2S2/c1-32(2)19-8-6-17(7-9-19)30-24(36)33-12-10-16(11-13-33)23-31-21(15-37-23)22(34)29-18-4-3-5-20(14-18)35-25(26,27)28/h3-9,14-16H,10-13H2,1-2H3,(H,29,34)(H,30,36). The maximum absolute atomic E-state index is 12.6. The van der Waals surface area contributed by atoms with E-state index in [0.29, 0.717) is 5.11 Å². The third-order valence-electron chi connectivity index (χ3n) is 5.85. The average Bonchev–Trinajstić information content (AvgIpc) is 3.34. The molecule has 2 aromatic carbocycles. The van der Waals surface area contributed by atoms with E-state index in [1.165, 1.54) is 29.5 Å². The number of ether oxygens (including phenoxy) is 1. The molecule has 0 atom stereocenters. The summed E-state index contributed by atoms with van der Waals surface area (Å²) in [6.45, 7) is 1.53. The molecule has 0 radical (unpaired) electrons. The van der Waals surface area contributed by atoms with Crippen LogP contribution < -0.4 is 20.3 Å². The van der Waals surface area contributed by atoms with Crippen molar-refractivity contribution < 1.29 is 22.7 Å². The lowest BCUT2D eigenvalue weighted by atomic mass is 9.98. The molecule has 4 rings (SSSR count). The van der Waals surface area contributed by atoms with Crippen molar-refractivity contribution in [2.24, 2.45) is 0 Å². The van der Waals surface area contributed by atoms with Crippen LogP contribution in [0.2, 0.25) is 0 Å². The second-order valence-corrected chi connectivity index (χ2v) is 10.0. The van der Waals surface area contributed by atoms with Crippen LogP contribution in [0.15, 0.2) is 53.9 Å². The predicted molar refractivity (Wildman–Crippen MR) is 144 cm³/mol. The van der Waals surface area contributed by atoms with Gasteiger partial charge in [-0.2, -0.15) is 0 Å². The fourth-order valence-electron chi connectivity index (χ4n) is 3.92. The Bertz CT molecular complexity index is 1240. The Morgan fingerprint density at radius 3 is 2.46 bits per heavy atom. The molecule has 37 heavy (non-hydrogen) atoms. The predicted octanol–water partition coefficient (Wildman–Crippen LogP) is 5.94. The summed E-state index contributed by atoms with van der Waals surface area (Å²) in [5, 5.41) is 9.06. The van der Waals surface area contributed by atoms with Crippen molar-refractivity contribution in [2.75, 3.05) is 42.7 Å². The number of alkyl halides is 3. The molecule has 1 amide bonds. The zero-order valence-corrected chi connectivity index (χ0v) is 21.8. The van der Waals surface area contributed by atoms with Crippen molar-refractivity contribution in [1.82, 2.24) is 9.88 Å². The van der Waals surface area contributed by atoms with Crippen LogP contribution in [0.5, 0.6) is 5.75 Å². The Balaban J connectivity index is 1.29. The van der Waals surface area contributed by atoms with Crippen LogP contribution in [0, 0.1) is 0 Å². The molecule has 0 bridgehead atoms. The molecule has 2 N–H and O–H groups in total. The number of hydrogen-bond donors (Lipinski definition) is 2. The van der Waals surface area contributed by atoms with Crippen molar-refractivity contribution in [3.63, 3.8) is 0 Å². The van der Waals surface area contributed by atoms with Crippen LogP contribution in [0.4, 0.5) is 30.2 Å². The number of amides is 1. The first-order chi connectivity index (χ1) is 17.6. The van der Waals surface area contributed by atoms with Crippen LogP contribution in [0.25, 0.3) is 0 Å². The Morgan fingerprint density at radius 2 is 1.81 bits per heavy atom. The SMILES string of the molecule is CN(C)c1ccc(NC(=S)N2CCC(c3nc(C(=O)Nc4cccc(OC(F)(F)F)c4)cs3)CC2)cc1. The van der Waals surface area contributed by atoms with Gasteiger partial charge in [0.25, 0.3) is 5.91 Å². The summed E-state index contributed by atoms with van der Waals surface area (Å²) in [5.41, 5.74) is 2.46. The van der Waals surface area contributed by atoms with Crippen LogP contribution >= 0.6 is 23.6 Å². The Labute approximate surface area is 222 Å². The molecule has 0 aliphatic carbocycles. The van der Waals surface area contributed by atoms with E-state index in [9.17, 15) is 18.0 Å². The fraction of sp³-hybridized carbons (Fsp3) is 0.320. The number of thiazole rings is 1. The topological polar surface area (TPSA) is 69.7 Å². The molecule has 0 unspecified atom stereocenters. The molecule has 1 saturated heterocycles. The number of nitrogens with zero attached hydrogens (tertiary/aromatic N) is 3. The van der Waals surface area contributed by atoms with Gasteiger partial charge >= 0.3 is 6.36 Å². The maximum atomic E-state index is 12.6. The largest absolute Gasteiger partial charge is 0.573 e. The van der Waals surface area contributed by atoms with Crippen LogP contribution in [0.1, 0.15) is 34.3 Å². The van der Waals surface area contributed by atoms with Crippen molar-refractivity contribution >= 4 is 51.6 Å². The number of carbonyl (C=O) groups is 1. The van der Waals surface area contributed by atoms with E-state index in [0.717, 1.165) is 48.4 Å². The second kappa shape index (κ2) is 11.3. The van der Waals surface area contributed by atoms with Gasteiger partial charge < -0.3 is 25.2 Å². The van der Waals surface area contributed by atoms with Gasteiger partial charge in [-0.15, -0.1) is 24.5 Å². The van der Waals surface area contributed by atoms with Gasteiger partial charge in [0, 0.05) is 61.6 Å². The van der Waals surface area contributed by atoms with Crippen LogP contribution in [0.3, 0.4) is 0 Å². The third kappa shape index (κ3) is 7.32. The number of aromatic nitrogens is 1. The summed E-state index contributed by atoms with van der Waals surface area (Å²) in [6.07, 6.45) is -3.13. The number of carbonyl (C=O) groups excluding carboxylic acids is 1. The van der Waals surface area contributed by atoms with Gasteiger partial charge in [-0.1, -0.05) is 6.07 Å². The fourth-order valence-corrected chi connectivity index (χ4v) is 5.19. The minimum Gasteiger partial charge on any atom is -0.406 e. The number of benzene rings is 2. The highest BCUT2D eigenvalue weighted by Gasteiger charge is 2.31. The van der Waals surface area contributed by atoms with Gasteiger partial charge in [-0.3, -0.25) is 4.79 Å². The Morgan fingerprint density at radius 1 is 1.11 bits per heavy atom. The number of rotatable bonds is 6. The molecular formula is C25H26F3N5O2S2. The molecule has 2 heterocycles. The summed E-state index contributed by atoms with van der Waals surface area (Å²) in [6, 6.07) is 13.2. The molecule has 0 spiro atoms. The van der Waals surface area contributed by atoms with Gasteiger partial charge in [0.1, 0.15) is 11.4 Å². The maximum Gasteiger partial charge on any atom is 0.573 e. The van der Waals surface area contributed by atoms with E-state index in [-0.39, 0.29) is 17.3 Å². The van der Waals surface area contributed by atoms with E-state index in [2.05, 4.69) is 25.3 Å². The quantitative estimate of drug-likeness (QED) is 0.369. The van der Waals surface area contributed by atoms with Gasteiger partial charge in [-0.05, 0) is 61.5 Å². The first kappa shape index (κ1) is 26.7. The zero-order valence-electron chi connectivity index (χ0n) is 20.2. The first-order valence-corrected chi connectivity index (χ1v) is 12.8. The second-order valence-electron chi connectivity index (χ2n) is 8.73. The molecular weight excluding hydrogens is 523 g/mol. The number of thiocarbonyl (C=S) groups is 1. The minimum atomic E-state index is -4.81. The molecule has 196 valence electrons. The first-order valence-electron chi connectivity index (χ1n) is 11.5. The average molecular weight is 550 g/mol. The van der Waals surface area contributed by atoms with Gasteiger partial charge in [0.2, 0.25) is 0 Å². The number of nitrogens with one attached hydrogen (secondary N) is 2. The lowest BCUT2D eigenvalue weighted by Gasteiger charge is -2.33. The van der Waals surface area contributed by atoms with Crippen molar-refractivity contribution in [3.05, 3.63) is 64.6 Å². The van der Waals surface area contributed by atoms with E-state index in [4.69, 9.17) is 12.2 Å². The highest BCUT2D eigenvalue weighted by atomic mass is 32.1. The minimum absolute atomic E-state index is 0.187. The van der Waals surface area contributed by atoms with Gasteiger partial charge in [0.15, 0.2) is 5.11 Å². The smallest absolute Gasteiger partial charge is 0.406 e. The lowest BCUT2D eigenvalue weighted by Crippen LogP contribution is -2.40. The van der Waals surface area contributed by atoms with E-state index < -0.39 is 18.0 Å². The number of piperidine rings is 1. The number of anilines is 3. The molecule has 7 nitrogen and oxygen atoms in total. The van der Waals surface area contributed by atoms with E-state index in [1.54, 1.807) is 5.38 Å². The number of hydrogen-bond acceptors (Lipinski definition) is 6. The normalized spacial score (nSPS) is 14.2. The monoisotopic (exact) mass is 549 g/mol. The summed E-state index contributed by atoms with van der Waals surface area (Å²) in [4.78, 5) is 21.3. The molecule has 12 heteroatoms. The van der Waals surface area contributed by atoms with Crippen molar-refractivity contribution in [3.8, 4) is 5.75 Å². The van der Waals surface area contributed by atoms with Crippen LogP contribution in [-0.2, 0) is 0 Å². The summed E-state index contributed by atoms with van der Waals surface area (Å²) >= 11 is 7.01. The lowest BCUT2D eigenvalue weighted by molar-refractivity contribution is -0.274. The van der Waals surface area contributed by atoms with Crippen LogP contribution in [-0.4, -0.2) is 54.5 Å². The zero-order chi connectivity index (χ0) is 26.6. The van der Waals surface area contributed by atoms with Crippen molar-refractivity contribution in [2.45, 2.75) is 25.1 Å².